The molecule has 3 aromatic rings. The molecular weight excluding hydrogens is 547 g/mol. The topological polar surface area (TPSA) is 81.5 Å². The van der Waals surface area contributed by atoms with Gasteiger partial charge < -0.3 is 19.7 Å². The van der Waals surface area contributed by atoms with Gasteiger partial charge in [0.1, 0.15) is 29.6 Å². The second-order valence-electron chi connectivity index (χ2n) is 11.8. The van der Waals surface area contributed by atoms with Crippen molar-refractivity contribution in [2.24, 2.45) is 11.8 Å². The van der Waals surface area contributed by atoms with Crippen LogP contribution in [0.25, 0.3) is 11.4 Å². The number of aromatic nitrogens is 3. The van der Waals surface area contributed by atoms with E-state index in [1.807, 2.05) is 13.8 Å². The van der Waals surface area contributed by atoms with Crippen LogP contribution in [0, 0.1) is 29.3 Å². The van der Waals surface area contributed by atoms with Crippen LogP contribution in [0.5, 0.6) is 0 Å². The van der Waals surface area contributed by atoms with Crippen LogP contribution in [0.1, 0.15) is 51.0 Å². The lowest BCUT2D eigenvalue weighted by Crippen LogP contribution is -2.52. The first-order valence-electron chi connectivity index (χ1n) is 14.4. The highest BCUT2D eigenvalue weighted by Crippen LogP contribution is 2.38. The van der Waals surface area contributed by atoms with E-state index in [-0.39, 0.29) is 29.8 Å². The van der Waals surface area contributed by atoms with E-state index in [1.54, 1.807) is 24.1 Å². The molecule has 2 aliphatic heterocycles. The van der Waals surface area contributed by atoms with E-state index in [0.717, 1.165) is 37.7 Å². The molecule has 0 bridgehead atoms. The molecule has 2 aromatic carbocycles. The molecule has 8 nitrogen and oxygen atoms in total. The van der Waals surface area contributed by atoms with Crippen molar-refractivity contribution in [3.8, 4) is 11.4 Å². The first-order chi connectivity index (χ1) is 20.1. The Labute approximate surface area is 244 Å². The molecule has 0 radical (unpaired) electrons. The van der Waals surface area contributed by atoms with E-state index in [4.69, 9.17) is 14.5 Å². The smallest absolute Gasteiger partial charge is 0.252 e. The number of rotatable bonds is 10. The SMILES string of the molecule is COC(C)(C)[C@H](c1nc(-c2cc(F)ccc2F)nn1Cc1cccc(F)c1)N(C[C@@H]1CNC[C@@H]1C)C(=O)[C@@H]1CCCO1. The van der Waals surface area contributed by atoms with Crippen molar-refractivity contribution < 1.29 is 27.4 Å². The summed E-state index contributed by atoms with van der Waals surface area (Å²) in [6, 6.07) is 8.36. The minimum atomic E-state index is -0.992. The first-order valence-corrected chi connectivity index (χ1v) is 14.4. The van der Waals surface area contributed by atoms with Gasteiger partial charge >= 0.3 is 0 Å². The predicted octanol–water partition coefficient (Wildman–Crippen LogP) is 4.74. The van der Waals surface area contributed by atoms with E-state index in [2.05, 4.69) is 17.3 Å². The number of hydrogen-bond acceptors (Lipinski definition) is 6. The number of benzene rings is 2. The number of ether oxygens (including phenoxy) is 2. The van der Waals surface area contributed by atoms with Gasteiger partial charge in [-0.15, -0.1) is 0 Å². The van der Waals surface area contributed by atoms with Crippen molar-refractivity contribution in [2.75, 3.05) is 33.4 Å². The standard InChI is InChI=1S/C31H38F3N5O3/c1-19-15-35-16-21(19)18-38(30(40)26-9-6-12-42-26)27(31(2,3)41-4)29-36-28(24-14-23(33)10-11-25(24)34)37-39(29)17-20-7-5-8-22(32)13-20/h5,7-8,10-11,13-14,19,21,26-27,35H,6,9,12,15-18H2,1-4H3/t19-,21-,26-,27-/m0/s1. The molecule has 2 fully saturated rings. The zero-order chi connectivity index (χ0) is 30.0. The van der Waals surface area contributed by atoms with Gasteiger partial charge in [0.15, 0.2) is 11.6 Å². The molecule has 42 heavy (non-hydrogen) atoms. The molecule has 4 atom stereocenters. The highest BCUT2D eigenvalue weighted by Gasteiger charge is 2.45. The molecule has 2 saturated heterocycles. The van der Waals surface area contributed by atoms with Gasteiger partial charge in [-0.3, -0.25) is 4.79 Å². The molecule has 0 saturated carbocycles. The second-order valence-corrected chi connectivity index (χ2v) is 11.8. The molecule has 3 heterocycles. The van der Waals surface area contributed by atoms with Gasteiger partial charge in [0.2, 0.25) is 0 Å². The third-order valence-corrected chi connectivity index (χ3v) is 8.43. The molecule has 1 N–H and O–H groups in total. The van der Waals surface area contributed by atoms with Crippen LogP contribution in [-0.4, -0.2) is 70.6 Å². The molecule has 0 unspecified atom stereocenters. The summed E-state index contributed by atoms with van der Waals surface area (Å²) < 4.78 is 56.8. The Hall–Kier alpha value is -3.28. The van der Waals surface area contributed by atoms with Crippen LogP contribution in [0.3, 0.4) is 0 Å². The van der Waals surface area contributed by atoms with Crippen molar-refractivity contribution in [1.29, 1.82) is 0 Å². The number of carbonyl (C=O) groups excluding carboxylic acids is 1. The summed E-state index contributed by atoms with van der Waals surface area (Å²) in [5, 5.41) is 8.01. The van der Waals surface area contributed by atoms with Crippen LogP contribution in [0.4, 0.5) is 13.2 Å². The molecule has 1 aromatic heterocycles. The Kier molecular flexibility index (Phi) is 9.00. The number of hydrogen-bond donors (Lipinski definition) is 1. The molecule has 5 rings (SSSR count). The maximum Gasteiger partial charge on any atom is 0.252 e. The van der Waals surface area contributed by atoms with Gasteiger partial charge in [0.25, 0.3) is 5.91 Å². The van der Waals surface area contributed by atoms with Crippen LogP contribution in [0.15, 0.2) is 42.5 Å². The zero-order valence-corrected chi connectivity index (χ0v) is 24.4. The van der Waals surface area contributed by atoms with Gasteiger partial charge in [-0.25, -0.2) is 22.8 Å². The van der Waals surface area contributed by atoms with Gasteiger partial charge in [-0.2, -0.15) is 5.10 Å². The Morgan fingerprint density at radius 2 is 1.98 bits per heavy atom. The maximum absolute atomic E-state index is 15.0. The van der Waals surface area contributed by atoms with Gasteiger partial charge in [0, 0.05) is 20.3 Å². The van der Waals surface area contributed by atoms with Crippen molar-refractivity contribution in [3.63, 3.8) is 0 Å². The van der Waals surface area contributed by atoms with Crippen molar-refractivity contribution in [1.82, 2.24) is 25.0 Å². The Morgan fingerprint density at radius 3 is 2.64 bits per heavy atom. The van der Waals surface area contributed by atoms with Crippen molar-refractivity contribution >= 4 is 5.91 Å². The van der Waals surface area contributed by atoms with Crippen LogP contribution < -0.4 is 5.32 Å². The highest BCUT2D eigenvalue weighted by atomic mass is 19.1. The van der Waals surface area contributed by atoms with Gasteiger partial charge in [-0.05, 0) is 87.5 Å². The summed E-state index contributed by atoms with van der Waals surface area (Å²) in [4.78, 5) is 20.7. The molecule has 226 valence electrons. The average Bonchev–Trinajstić information content (AvgIpc) is 3.72. The molecule has 2 aliphatic rings. The predicted molar refractivity (Wildman–Crippen MR) is 151 cm³/mol. The van der Waals surface area contributed by atoms with Crippen molar-refractivity contribution in [2.45, 2.75) is 57.9 Å². The fourth-order valence-electron chi connectivity index (χ4n) is 5.84. The lowest BCUT2D eigenvalue weighted by atomic mass is 9.91. The highest BCUT2D eigenvalue weighted by molar-refractivity contribution is 5.81. The Morgan fingerprint density at radius 1 is 1.19 bits per heavy atom. The van der Waals surface area contributed by atoms with Gasteiger partial charge in [-0.1, -0.05) is 19.1 Å². The lowest BCUT2D eigenvalue weighted by Gasteiger charge is -2.42. The summed E-state index contributed by atoms with van der Waals surface area (Å²) in [5.74, 6) is -1.18. The van der Waals surface area contributed by atoms with E-state index in [0.29, 0.717) is 36.9 Å². The lowest BCUT2D eigenvalue weighted by molar-refractivity contribution is -0.153. The molecule has 0 aliphatic carbocycles. The third-order valence-electron chi connectivity index (χ3n) is 8.43. The number of methoxy groups -OCH3 is 1. The fraction of sp³-hybridized carbons (Fsp3) is 0.516. The van der Waals surface area contributed by atoms with E-state index < -0.39 is 35.2 Å². The number of halogens is 3. The maximum atomic E-state index is 15.0. The molecule has 11 heteroatoms. The fourth-order valence-corrected chi connectivity index (χ4v) is 5.84. The number of nitrogens with zero attached hydrogens (tertiary/aromatic N) is 4. The Balaban J connectivity index is 1.67. The minimum Gasteiger partial charge on any atom is -0.376 e. The summed E-state index contributed by atoms with van der Waals surface area (Å²) in [6.45, 7) is 8.42. The van der Waals surface area contributed by atoms with Gasteiger partial charge in [0.05, 0.1) is 17.7 Å². The van der Waals surface area contributed by atoms with Crippen LogP contribution >= 0.6 is 0 Å². The summed E-state index contributed by atoms with van der Waals surface area (Å²) in [6.07, 6.45) is 0.774. The molecule has 0 spiro atoms. The van der Waals surface area contributed by atoms with Crippen LogP contribution in [0.2, 0.25) is 0 Å². The summed E-state index contributed by atoms with van der Waals surface area (Å²) in [7, 11) is 1.56. The zero-order valence-electron chi connectivity index (χ0n) is 24.4. The molecular formula is C31H38F3N5O3. The third kappa shape index (κ3) is 6.38. The van der Waals surface area contributed by atoms with Crippen molar-refractivity contribution in [3.05, 3.63) is 71.3 Å². The summed E-state index contributed by atoms with van der Waals surface area (Å²) >= 11 is 0. The minimum absolute atomic E-state index is 0.0456. The average molecular weight is 586 g/mol. The monoisotopic (exact) mass is 585 g/mol. The number of carbonyl (C=O) groups is 1. The second kappa shape index (κ2) is 12.5. The van der Waals surface area contributed by atoms with E-state index in [9.17, 15) is 18.0 Å². The summed E-state index contributed by atoms with van der Waals surface area (Å²) in [5.41, 5.74) is -0.519. The van der Waals surface area contributed by atoms with E-state index in [1.165, 1.54) is 16.8 Å². The number of amides is 1. The van der Waals surface area contributed by atoms with Crippen LogP contribution in [-0.2, 0) is 20.8 Å². The molecule has 1 amide bonds. The normalized spacial score (nSPS) is 21.5. The number of nitrogens with one attached hydrogen (secondary N) is 1. The quantitative estimate of drug-likeness (QED) is 0.370. The Bertz CT molecular complexity index is 1410. The van der Waals surface area contributed by atoms with E-state index >= 15 is 0 Å². The first kappa shape index (κ1) is 30.2. The largest absolute Gasteiger partial charge is 0.376 e.